The van der Waals surface area contributed by atoms with Crippen LogP contribution in [0.5, 0.6) is 5.75 Å². The topological polar surface area (TPSA) is 44.4 Å². The van der Waals surface area contributed by atoms with Crippen LogP contribution in [0.3, 0.4) is 0 Å². The standard InChI is InChI=1S/C19H19ClN4OS/c1-13(2)23-16-5-3-4-6-17(16)24-18(23)21-22-19(24)26-12-11-25-15-9-7-14(20)8-10-15/h3-10,13H,11-12H2,1-2H3. The molecule has 26 heavy (non-hydrogen) atoms. The van der Waals surface area contributed by atoms with E-state index in [0.717, 1.165) is 28.0 Å². The van der Waals surface area contributed by atoms with Crippen LogP contribution in [0.4, 0.5) is 0 Å². The van der Waals surface area contributed by atoms with Gasteiger partial charge in [0, 0.05) is 16.8 Å². The van der Waals surface area contributed by atoms with Gasteiger partial charge in [0.25, 0.3) is 0 Å². The summed E-state index contributed by atoms with van der Waals surface area (Å²) >= 11 is 7.53. The first-order chi connectivity index (χ1) is 12.6. The van der Waals surface area contributed by atoms with Gasteiger partial charge in [0.05, 0.1) is 17.6 Å². The molecule has 0 aliphatic heterocycles. The van der Waals surface area contributed by atoms with Crippen LogP contribution in [0.2, 0.25) is 5.02 Å². The van der Waals surface area contributed by atoms with Crippen molar-refractivity contribution in [3.05, 3.63) is 53.6 Å². The van der Waals surface area contributed by atoms with Gasteiger partial charge in [-0.05, 0) is 50.2 Å². The number of imidazole rings is 1. The number of thioether (sulfide) groups is 1. The molecule has 0 bridgehead atoms. The van der Waals surface area contributed by atoms with E-state index in [1.807, 2.05) is 30.3 Å². The number of halogens is 1. The minimum Gasteiger partial charge on any atom is -0.493 e. The second-order valence-corrected chi connectivity index (χ2v) is 7.72. The Morgan fingerprint density at radius 3 is 2.50 bits per heavy atom. The summed E-state index contributed by atoms with van der Waals surface area (Å²) in [4.78, 5) is 0. The molecule has 5 nitrogen and oxygen atoms in total. The van der Waals surface area contributed by atoms with Gasteiger partial charge in [0.1, 0.15) is 5.75 Å². The van der Waals surface area contributed by atoms with Crippen molar-refractivity contribution in [2.75, 3.05) is 12.4 Å². The smallest absolute Gasteiger partial charge is 0.237 e. The fourth-order valence-corrected chi connectivity index (χ4v) is 3.90. The van der Waals surface area contributed by atoms with Gasteiger partial charge < -0.3 is 9.30 Å². The zero-order valence-corrected chi connectivity index (χ0v) is 16.2. The monoisotopic (exact) mass is 386 g/mol. The lowest BCUT2D eigenvalue weighted by Gasteiger charge is -2.07. The predicted octanol–water partition coefficient (Wildman–Crippen LogP) is 5.09. The Labute approximate surface area is 160 Å². The summed E-state index contributed by atoms with van der Waals surface area (Å²) in [5.74, 6) is 2.48. The fourth-order valence-electron chi connectivity index (χ4n) is 3.02. The van der Waals surface area contributed by atoms with Crippen molar-refractivity contribution in [1.29, 1.82) is 0 Å². The molecule has 0 aliphatic rings. The van der Waals surface area contributed by atoms with Gasteiger partial charge >= 0.3 is 0 Å². The molecule has 0 amide bonds. The lowest BCUT2D eigenvalue weighted by atomic mass is 10.3. The summed E-state index contributed by atoms with van der Waals surface area (Å²) in [6, 6.07) is 16.1. The average Bonchev–Trinajstić information content (AvgIpc) is 3.18. The maximum atomic E-state index is 5.89. The van der Waals surface area contributed by atoms with Crippen molar-refractivity contribution in [3.8, 4) is 5.75 Å². The molecule has 0 saturated carbocycles. The van der Waals surface area contributed by atoms with Gasteiger partial charge in [-0.2, -0.15) is 0 Å². The van der Waals surface area contributed by atoms with Crippen LogP contribution in [-0.2, 0) is 0 Å². The second-order valence-electron chi connectivity index (χ2n) is 6.22. The molecule has 4 rings (SSSR count). The minimum absolute atomic E-state index is 0.313. The summed E-state index contributed by atoms with van der Waals surface area (Å²) in [7, 11) is 0. The van der Waals surface area contributed by atoms with Crippen molar-refractivity contribution >= 4 is 40.2 Å². The molecular weight excluding hydrogens is 368 g/mol. The first kappa shape index (κ1) is 17.2. The number of fused-ring (bicyclic) bond motifs is 3. The molecule has 2 aromatic heterocycles. The number of rotatable bonds is 6. The zero-order chi connectivity index (χ0) is 18.1. The lowest BCUT2D eigenvalue weighted by molar-refractivity contribution is 0.344. The molecule has 134 valence electrons. The van der Waals surface area contributed by atoms with Crippen LogP contribution in [0, 0.1) is 0 Å². The maximum Gasteiger partial charge on any atom is 0.237 e. The van der Waals surface area contributed by atoms with Gasteiger partial charge in [0.15, 0.2) is 5.16 Å². The molecule has 0 N–H and O–H groups in total. The van der Waals surface area contributed by atoms with Crippen LogP contribution in [0.15, 0.2) is 53.7 Å². The Bertz CT molecular complexity index is 1040. The number of para-hydroxylation sites is 2. The largest absolute Gasteiger partial charge is 0.493 e. The van der Waals surface area contributed by atoms with Crippen LogP contribution < -0.4 is 4.74 Å². The zero-order valence-electron chi connectivity index (χ0n) is 14.6. The lowest BCUT2D eigenvalue weighted by Crippen LogP contribution is -2.01. The summed E-state index contributed by atoms with van der Waals surface area (Å²) in [5.41, 5.74) is 2.30. The highest BCUT2D eigenvalue weighted by molar-refractivity contribution is 7.99. The van der Waals surface area contributed by atoms with Crippen LogP contribution >= 0.6 is 23.4 Å². The normalized spacial score (nSPS) is 11.7. The molecule has 0 fully saturated rings. The Kier molecular flexibility index (Phi) is 4.78. The molecular formula is C19H19ClN4OS. The van der Waals surface area contributed by atoms with Crippen LogP contribution in [0.25, 0.3) is 16.8 Å². The summed E-state index contributed by atoms with van der Waals surface area (Å²) in [6.07, 6.45) is 0. The number of hydrogen-bond acceptors (Lipinski definition) is 4. The maximum absolute atomic E-state index is 5.89. The molecule has 4 aromatic rings. The number of aromatic nitrogens is 4. The molecule has 2 heterocycles. The molecule has 0 atom stereocenters. The average molecular weight is 387 g/mol. The van der Waals surface area contributed by atoms with E-state index in [9.17, 15) is 0 Å². The van der Waals surface area contributed by atoms with E-state index in [2.05, 4.69) is 51.2 Å². The number of ether oxygens (including phenoxy) is 1. The number of benzene rings is 2. The van der Waals surface area contributed by atoms with Gasteiger partial charge in [-0.25, -0.2) is 0 Å². The molecule has 0 unspecified atom stereocenters. The van der Waals surface area contributed by atoms with E-state index < -0.39 is 0 Å². The molecule has 0 aliphatic carbocycles. The van der Waals surface area contributed by atoms with E-state index in [0.29, 0.717) is 17.7 Å². The molecule has 2 aromatic carbocycles. The van der Waals surface area contributed by atoms with Crippen molar-refractivity contribution in [1.82, 2.24) is 19.2 Å². The SMILES string of the molecule is CC(C)n1c2ccccc2n2c(SCCOc3ccc(Cl)cc3)nnc12. The second kappa shape index (κ2) is 7.21. The molecule has 0 spiro atoms. The Morgan fingerprint density at radius 1 is 1.04 bits per heavy atom. The first-order valence-corrected chi connectivity index (χ1v) is 9.87. The van der Waals surface area contributed by atoms with E-state index in [1.165, 1.54) is 5.52 Å². The Hall–Kier alpha value is -2.18. The predicted molar refractivity (Wildman–Crippen MR) is 107 cm³/mol. The van der Waals surface area contributed by atoms with Crippen molar-refractivity contribution in [3.63, 3.8) is 0 Å². The van der Waals surface area contributed by atoms with Crippen molar-refractivity contribution in [2.24, 2.45) is 0 Å². The van der Waals surface area contributed by atoms with Gasteiger partial charge in [0.2, 0.25) is 5.78 Å². The Balaban J connectivity index is 1.54. The summed E-state index contributed by atoms with van der Waals surface area (Å²) < 4.78 is 10.1. The van der Waals surface area contributed by atoms with E-state index in [-0.39, 0.29) is 0 Å². The van der Waals surface area contributed by atoms with Gasteiger partial charge in [-0.3, -0.25) is 4.40 Å². The highest BCUT2D eigenvalue weighted by atomic mass is 35.5. The third-order valence-corrected chi connectivity index (χ3v) is 5.27. The Morgan fingerprint density at radius 2 is 1.77 bits per heavy atom. The van der Waals surface area contributed by atoms with E-state index >= 15 is 0 Å². The van der Waals surface area contributed by atoms with Gasteiger partial charge in [-0.1, -0.05) is 35.5 Å². The molecule has 0 saturated heterocycles. The fraction of sp³-hybridized carbons (Fsp3) is 0.263. The summed E-state index contributed by atoms with van der Waals surface area (Å²) in [6.45, 7) is 4.91. The quantitative estimate of drug-likeness (QED) is 0.342. The van der Waals surface area contributed by atoms with Gasteiger partial charge in [-0.15, -0.1) is 10.2 Å². The van der Waals surface area contributed by atoms with E-state index in [4.69, 9.17) is 16.3 Å². The molecule has 7 heteroatoms. The third-order valence-electron chi connectivity index (χ3n) is 4.13. The minimum atomic E-state index is 0.313. The highest BCUT2D eigenvalue weighted by Crippen LogP contribution is 2.28. The van der Waals surface area contributed by atoms with Crippen molar-refractivity contribution in [2.45, 2.75) is 25.0 Å². The number of nitrogens with zero attached hydrogens (tertiary/aromatic N) is 4. The van der Waals surface area contributed by atoms with Crippen LogP contribution in [0.1, 0.15) is 19.9 Å². The summed E-state index contributed by atoms with van der Waals surface area (Å²) in [5, 5.41) is 10.4. The number of hydrogen-bond donors (Lipinski definition) is 0. The highest BCUT2D eigenvalue weighted by Gasteiger charge is 2.18. The first-order valence-electron chi connectivity index (χ1n) is 8.50. The van der Waals surface area contributed by atoms with Crippen molar-refractivity contribution < 1.29 is 4.74 Å². The van der Waals surface area contributed by atoms with E-state index in [1.54, 1.807) is 11.8 Å². The molecule has 0 radical (unpaired) electrons. The van der Waals surface area contributed by atoms with Crippen LogP contribution in [-0.4, -0.2) is 31.5 Å². The third kappa shape index (κ3) is 3.15.